The van der Waals surface area contributed by atoms with Gasteiger partial charge < -0.3 is 14.0 Å². The summed E-state index contributed by atoms with van der Waals surface area (Å²) in [6, 6.07) is 18.4. The molecule has 1 heterocycles. The van der Waals surface area contributed by atoms with Crippen LogP contribution in [-0.2, 0) is 17.7 Å². The summed E-state index contributed by atoms with van der Waals surface area (Å²) in [7, 11) is 3.39. The van der Waals surface area contributed by atoms with Crippen LogP contribution in [0.3, 0.4) is 0 Å². The smallest absolute Gasteiger partial charge is 0.191 e. The van der Waals surface area contributed by atoms with E-state index in [-0.39, 0.29) is 0 Å². The average Bonchev–Trinajstić information content (AvgIpc) is 3.10. The van der Waals surface area contributed by atoms with Crippen LogP contribution in [-0.4, -0.2) is 41.3 Å². The molecule has 0 bridgehead atoms. The third-order valence-electron chi connectivity index (χ3n) is 4.05. The van der Waals surface area contributed by atoms with E-state index in [1.165, 1.54) is 5.56 Å². The van der Waals surface area contributed by atoms with Crippen LogP contribution in [0.4, 0.5) is 0 Å². The zero-order valence-corrected chi connectivity index (χ0v) is 15.9. The number of aryl methyl sites for hydroxylation is 1. The minimum atomic E-state index is 0.681. The molecule has 0 radical (unpaired) electrons. The van der Waals surface area contributed by atoms with E-state index < -0.39 is 0 Å². The Morgan fingerprint density at radius 1 is 0.962 bits per heavy atom. The molecule has 0 aliphatic heterocycles. The number of hydrogen-bond acceptors (Lipinski definition) is 5. The van der Waals surface area contributed by atoms with Crippen molar-refractivity contribution < 1.29 is 9.47 Å². The molecule has 136 valence electrons. The summed E-state index contributed by atoms with van der Waals surface area (Å²) in [4.78, 5) is 0. The lowest BCUT2D eigenvalue weighted by atomic mass is 10.1. The zero-order valence-electron chi connectivity index (χ0n) is 15.1. The molecule has 0 saturated carbocycles. The summed E-state index contributed by atoms with van der Waals surface area (Å²) in [5.41, 5.74) is 2.24. The van der Waals surface area contributed by atoms with Gasteiger partial charge in [-0.25, -0.2) is 0 Å². The SMILES string of the molecule is COCCSc1nnc(-c2ccccc2OC)n1CCc1ccccc1. The first-order chi connectivity index (χ1) is 12.8. The van der Waals surface area contributed by atoms with Crippen molar-refractivity contribution in [2.24, 2.45) is 0 Å². The first-order valence-electron chi connectivity index (χ1n) is 8.55. The fourth-order valence-corrected chi connectivity index (χ4v) is 3.59. The van der Waals surface area contributed by atoms with E-state index >= 15 is 0 Å². The number of thioether (sulfide) groups is 1. The highest BCUT2D eigenvalue weighted by Gasteiger charge is 2.17. The monoisotopic (exact) mass is 369 g/mol. The molecule has 0 spiro atoms. The van der Waals surface area contributed by atoms with E-state index in [0.717, 1.165) is 41.0 Å². The van der Waals surface area contributed by atoms with Crippen LogP contribution in [0.15, 0.2) is 59.8 Å². The molecule has 3 aromatic rings. The second-order valence-corrected chi connectivity index (χ2v) is 6.80. The number of benzene rings is 2. The van der Waals surface area contributed by atoms with Gasteiger partial charge in [-0.2, -0.15) is 0 Å². The molecule has 0 fully saturated rings. The number of ether oxygens (including phenoxy) is 2. The maximum absolute atomic E-state index is 5.52. The number of aromatic nitrogens is 3. The highest BCUT2D eigenvalue weighted by Crippen LogP contribution is 2.31. The van der Waals surface area contributed by atoms with Crippen molar-refractivity contribution >= 4 is 11.8 Å². The topological polar surface area (TPSA) is 49.2 Å². The van der Waals surface area contributed by atoms with Crippen LogP contribution in [0, 0.1) is 0 Å². The summed E-state index contributed by atoms with van der Waals surface area (Å²) in [5.74, 6) is 2.47. The molecule has 0 saturated heterocycles. The van der Waals surface area contributed by atoms with E-state index in [9.17, 15) is 0 Å². The molecular weight excluding hydrogens is 346 g/mol. The fraction of sp³-hybridized carbons (Fsp3) is 0.300. The average molecular weight is 369 g/mol. The number of nitrogens with zero attached hydrogens (tertiary/aromatic N) is 3. The summed E-state index contributed by atoms with van der Waals surface area (Å²) in [5, 5.41) is 9.78. The van der Waals surface area contributed by atoms with Crippen molar-refractivity contribution in [1.29, 1.82) is 0 Å². The molecule has 0 amide bonds. The van der Waals surface area contributed by atoms with Crippen LogP contribution >= 0.6 is 11.8 Å². The summed E-state index contributed by atoms with van der Waals surface area (Å²) in [6.45, 7) is 1.49. The van der Waals surface area contributed by atoms with Gasteiger partial charge in [0.25, 0.3) is 0 Å². The summed E-state index contributed by atoms with van der Waals surface area (Å²) < 4.78 is 12.9. The lowest BCUT2D eigenvalue weighted by Crippen LogP contribution is -2.06. The Morgan fingerprint density at radius 2 is 1.73 bits per heavy atom. The Kier molecular flexibility index (Phi) is 6.68. The molecule has 26 heavy (non-hydrogen) atoms. The van der Waals surface area contributed by atoms with E-state index in [0.29, 0.717) is 6.61 Å². The standard InChI is InChI=1S/C20H23N3O2S/c1-24-14-15-26-20-22-21-19(17-10-6-7-11-18(17)25-2)23(20)13-12-16-8-4-3-5-9-16/h3-11H,12-15H2,1-2H3. The Bertz CT molecular complexity index is 821. The van der Waals surface area contributed by atoms with Crippen molar-refractivity contribution in [2.45, 2.75) is 18.1 Å². The minimum absolute atomic E-state index is 0.681. The number of hydrogen-bond donors (Lipinski definition) is 0. The van der Waals surface area contributed by atoms with Gasteiger partial charge in [0, 0.05) is 19.4 Å². The van der Waals surface area contributed by atoms with Gasteiger partial charge in [0.1, 0.15) is 5.75 Å². The lowest BCUT2D eigenvalue weighted by Gasteiger charge is -2.12. The van der Waals surface area contributed by atoms with Crippen LogP contribution in [0.5, 0.6) is 5.75 Å². The molecule has 2 aromatic carbocycles. The molecule has 3 rings (SSSR count). The van der Waals surface area contributed by atoms with E-state index in [1.54, 1.807) is 26.0 Å². The van der Waals surface area contributed by atoms with Crippen molar-refractivity contribution in [2.75, 3.05) is 26.6 Å². The van der Waals surface area contributed by atoms with Crippen molar-refractivity contribution in [3.8, 4) is 17.1 Å². The molecule has 0 unspecified atom stereocenters. The fourth-order valence-electron chi connectivity index (χ4n) is 2.73. The maximum atomic E-state index is 5.52. The minimum Gasteiger partial charge on any atom is -0.496 e. The summed E-state index contributed by atoms with van der Waals surface area (Å²) in [6.07, 6.45) is 0.916. The second kappa shape index (κ2) is 9.40. The van der Waals surface area contributed by atoms with Crippen LogP contribution in [0.1, 0.15) is 5.56 Å². The van der Waals surface area contributed by atoms with Gasteiger partial charge in [0.15, 0.2) is 11.0 Å². The third-order valence-corrected chi connectivity index (χ3v) is 4.98. The van der Waals surface area contributed by atoms with Gasteiger partial charge in [0.2, 0.25) is 0 Å². The molecule has 1 aromatic heterocycles. The lowest BCUT2D eigenvalue weighted by molar-refractivity contribution is 0.218. The summed E-state index contributed by atoms with van der Waals surface area (Å²) >= 11 is 1.66. The first kappa shape index (κ1) is 18.5. The van der Waals surface area contributed by atoms with Crippen LogP contribution in [0.25, 0.3) is 11.4 Å². The normalized spacial score (nSPS) is 10.8. The number of para-hydroxylation sites is 1. The molecule has 0 atom stereocenters. The molecule has 0 N–H and O–H groups in total. The van der Waals surface area contributed by atoms with E-state index in [4.69, 9.17) is 9.47 Å². The Labute approximate surface area is 158 Å². The zero-order chi connectivity index (χ0) is 18.2. The predicted octanol–water partition coefficient (Wildman–Crippen LogP) is 3.93. The van der Waals surface area contributed by atoms with E-state index in [2.05, 4.69) is 39.0 Å². The molecule has 5 nitrogen and oxygen atoms in total. The Balaban J connectivity index is 1.90. The Hall–Kier alpha value is -2.31. The highest BCUT2D eigenvalue weighted by atomic mass is 32.2. The van der Waals surface area contributed by atoms with Crippen molar-refractivity contribution in [3.63, 3.8) is 0 Å². The van der Waals surface area contributed by atoms with Gasteiger partial charge in [-0.15, -0.1) is 10.2 Å². The van der Waals surface area contributed by atoms with Gasteiger partial charge in [-0.3, -0.25) is 0 Å². The van der Waals surface area contributed by atoms with Gasteiger partial charge >= 0.3 is 0 Å². The molecule has 0 aliphatic rings. The largest absolute Gasteiger partial charge is 0.496 e. The molecule has 6 heteroatoms. The predicted molar refractivity (Wildman–Crippen MR) is 105 cm³/mol. The quantitative estimate of drug-likeness (QED) is 0.422. The third kappa shape index (κ3) is 4.45. The first-order valence-corrected chi connectivity index (χ1v) is 9.54. The maximum Gasteiger partial charge on any atom is 0.191 e. The van der Waals surface area contributed by atoms with Crippen molar-refractivity contribution in [3.05, 3.63) is 60.2 Å². The Morgan fingerprint density at radius 3 is 2.50 bits per heavy atom. The molecule has 0 aliphatic carbocycles. The highest BCUT2D eigenvalue weighted by molar-refractivity contribution is 7.99. The van der Waals surface area contributed by atoms with Crippen molar-refractivity contribution in [1.82, 2.24) is 14.8 Å². The van der Waals surface area contributed by atoms with Gasteiger partial charge in [-0.1, -0.05) is 54.2 Å². The van der Waals surface area contributed by atoms with Gasteiger partial charge in [0.05, 0.1) is 19.3 Å². The molecular formula is C20H23N3O2S. The second-order valence-electron chi connectivity index (χ2n) is 5.73. The van der Waals surface area contributed by atoms with Gasteiger partial charge in [-0.05, 0) is 24.1 Å². The van der Waals surface area contributed by atoms with Crippen LogP contribution < -0.4 is 4.74 Å². The van der Waals surface area contributed by atoms with Crippen LogP contribution in [0.2, 0.25) is 0 Å². The number of methoxy groups -OCH3 is 2. The number of rotatable bonds is 9. The van der Waals surface area contributed by atoms with E-state index in [1.807, 2.05) is 30.3 Å².